The lowest BCUT2D eigenvalue weighted by atomic mass is 9.87. The summed E-state index contributed by atoms with van der Waals surface area (Å²) in [7, 11) is 3.40. The van der Waals surface area contributed by atoms with Crippen molar-refractivity contribution in [2.75, 3.05) is 19.1 Å². The Balaban J connectivity index is 1.62. The fourth-order valence-corrected chi connectivity index (χ4v) is 5.04. The third-order valence-electron chi connectivity index (χ3n) is 6.74. The number of methoxy groups -OCH3 is 2. The Bertz CT molecular complexity index is 1520. The van der Waals surface area contributed by atoms with Gasteiger partial charge in [0.25, 0.3) is 0 Å². The highest BCUT2D eigenvalue weighted by atomic mass is 16.5. The third kappa shape index (κ3) is 3.64. The molecule has 4 heteroatoms. The minimum absolute atomic E-state index is 0.0260. The molecule has 0 radical (unpaired) electrons. The molecule has 0 spiro atoms. The molecule has 1 unspecified atom stereocenters. The molecule has 0 bridgehead atoms. The first-order valence-electron chi connectivity index (χ1n) is 11.7. The van der Waals surface area contributed by atoms with Crippen molar-refractivity contribution in [3.63, 3.8) is 0 Å². The van der Waals surface area contributed by atoms with E-state index in [-0.39, 0.29) is 6.04 Å². The number of fused-ring (bicyclic) bond motifs is 2. The lowest BCUT2D eigenvalue weighted by Gasteiger charge is -2.40. The second kappa shape index (κ2) is 8.73. The summed E-state index contributed by atoms with van der Waals surface area (Å²) in [6.45, 7) is 0. The Hall–Kier alpha value is -4.44. The molecule has 5 aromatic rings. The molecule has 0 saturated heterocycles. The van der Waals surface area contributed by atoms with Crippen LogP contribution in [0.1, 0.15) is 28.3 Å². The highest BCUT2D eigenvalue weighted by Crippen LogP contribution is 2.46. The average molecular weight is 459 g/mol. The van der Waals surface area contributed by atoms with Gasteiger partial charge in [0.2, 0.25) is 0 Å². The van der Waals surface area contributed by atoms with Crippen molar-refractivity contribution in [3.8, 4) is 11.5 Å². The molecule has 1 N–H and O–H groups in total. The lowest BCUT2D eigenvalue weighted by molar-refractivity contribution is 0.415. The Morgan fingerprint density at radius 3 is 2.20 bits per heavy atom. The standard InChI is InChI=1S/C31H26N2O2/c1-34-24-14-12-23(13-15-24)33-30(21-8-4-3-5-9-21)18-22-10-6-7-11-26(22)31(33)28-20-32-29-19-25(35-2)16-17-27(28)29/h3-20,31-32H,1-2H3. The fourth-order valence-electron chi connectivity index (χ4n) is 5.04. The average Bonchev–Trinajstić information content (AvgIpc) is 3.35. The predicted octanol–water partition coefficient (Wildman–Crippen LogP) is 7.29. The smallest absolute Gasteiger partial charge is 0.120 e. The number of aromatic nitrogens is 1. The second-order valence-corrected chi connectivity index (χ2v) is 8.65. The van der Waals surface area contributed by atoms with Gasteiger partial charge in [-0.3, -0.25) is 0 Å². The highest BCUT2D eigenvalue weighted by Gasteiger charge is 2.33. The summed E-state index contributed by atoms with van der Waals surface area (Å²) >= 11 is 0. The van der Waals surface area contributed by atoms with E-state index < -0.39 is 0 Å². The molecule has 1 aliphatic heterocycles. The van der Waals surface area contributed by atoms with Crippen LogP contribution in [0.2, 0.25) is 0 Å². The topological polar surface area (TPSA) is 37.5 Å². The number of hydrogen-bond donors (Lipinski definition) is 1. The summed E-state index contributed by atoms with van der Waals surface area (Å²) in [6, 6.07) is 33.8. The van der Waals surface area contributed by atoms with Crippen LogP contribution >= 0.6 is 0 Å². The van der Waals surface area contributed by atoms with Crippen molar-refractivity contribution in [2.45, 2.75) is 6.04 Å². The van der Waals surface area contributed by atoms with Gasteiger partial charge >= 0.3 is 0 Å². The summed E-state index contributed by atoms with van der Waals surface area (Å²) in [5.74, 6) is 1.68. The maximum atomic E-state index is 5.47. The van der Waals surface area contributed by atoms with Crippen molar-refractivity contribution in [3.05, 3.63) is 126 Å². The zero-order valence-corrected chi connectivity index (χ0v) is 19.7. The van der Waals surface area contributed by atoms with Crippen molar-refractivity contribution < 1.29 is 9.47 Å². The number of H-pyrrole nitrogens is 1. The van der Waals surface area contributed by atoms with E-state index in [2.05, 4.69) is 101 Å². The summed E-state index contributed by atoms with van der Waals surface area (Å²) in [6.07, 6.45) is 4.43. The lowest BCUT2D eigenvalue weighted by Crippen LogP contribution is -2.31. The molecule has 35 heavy (non-hydrogen) atoms. The largest absolute Gasteiger partial charge is 0.497 e. The van der Waals surface area contributed by atoms with E-state index in [4.69, 9.17) is 9.47 Å². The van der Waals surface area contributed by atoms with E-state index >= 15 is 0 Å². The SMILES string of the molecule is COc1ccc(N2C(c3ccccc3)=Cc3ccccc3C2c2c[nH]c3cc(OC)ccc23)cc1. The van der Waals surface area contributed by atoms with Crippen molar-refractivity contribution in [1.82, 2.24) is 4.98 Å². The number of benzene rings is 4. The van der Waals surface area contributed by atoms with Crippen LogP contribution in [-0.2, 0) is 0 Å². The molecule has 172 valence electrons. The maximum Gasteiger partial charge on any atom is 0.120 e. The Kier molecular flexibility index (Phi) is 5.27. The van der Waals surface area contributed by atoms with Crippen LogP contribution in [0.15, 0.2) is 103 Å². The van der Waals surface area contributed by atoms with Crippen LogP contribution in [0.4, 0.5) is 5.69 Å². The predicted molar refractivity (Wildman–Crippen MR) is 143 cm³/mol. The first-order valence-corrected chi connectivity index (χ1v) is 11.7. The Labute approximate surface area is 205 Å². The molecule has 0 fully saturated rings. The van der Waals surface area contributed by atoms with Crippen molar-refractivity contribution >= 4 is 28.4 Å². The molecule has 0 saturated carbocycles. The van der Waals surface area contributed by atoms with Gasteiger partial charge in [0.15, 0.2) is 0 Å². The molecule has 1 aromatic heterocycles. The number of hydrogen-bond acceptors (Lipinski definition) is 3. The van der Waals surface area contributed by atoms with E-state index in [9.17, 15) is 0 Å². The molecule has 2 heterocycles. The van der Waals surface area contributed by atoms with Crippen molar-refractivity contribution in [2.24, 2.45) is 0 Å². The van der Waals surface area contributed by atoms with Gasteiger partial charge in [0.1, 0.15) is 11.5 Å². The number of anilines is 1. The van der Waals surface area contributed by atoms with Crippen LogP contribution in [0, 0.1) is 0 Å². The maximum absolute atomic E-state index is 5.47. The van der Waals surface area contributed by atoms with Gasteiger partial charge < -0.3 is 19.4 Å². The third-order valence-corrected chi connectivity index (χ3v) is 6.74. The van der Waals surface area contributed by atoms with Crippen LogP contribution in [0.5, 0.6) is 11.5 Å². The quantitative estimate of drug-likeness (QED) is 0.300. The number of nitrogens with zero attached hydrogens (tertiary/aromatic N) is 1. The minimum Gasteiger partial charge on any atom is -0.497 e. The van der Waals surface area contributed by atoms with Gasteiger partial charge in [-0.15, -0.1) is 0 Å². The normalized spacial score (nSPS) is 15.0. The monoisotopic (exact) mass is 458 g/mol. The second-order valence-electron chi connectivity index (χ2n) is 8.65. The van der Waals surface area contributed by atoms with E-state index in [1.54, 1.807) is 14.2 Å². The molecule has 4 aromatic carbocycles. The minimum atomic E-state index is -0.0260. The molecule has 1 aliphatic rings. The Morgan fingerprint density at radius 1 is 0.714 bits per heavy atom. The van der Waals surface area contributed by atoms with Gasteiger partial charge in [-0.05, 0) is 59.2 Å². The molecular weight excluding hydrogens is 432 g/mol. The number of rotatable bonds is 5. The molecule has 0 aliphatic carbocycles. The summed E-state index contributed by atoms with van der Waals surface area (Å²) in [4.78, 5) is 5.92. The van der Waals surface area contributed by atoms with Gasteiger partial charge in [-0.25, -0.2) is 0 Å². The Morgan fingerprint density at radius 2 is 1.43 bits per heavy atom. The van der Waals surface area contributed by atoms with Gasteiger partial charge in [0.05, 0.1) is 20.3 Å². The number of nitrogens with one attached hydrogen (secondary N) is 1. The van der Waals surface area contributed by atoms with Gasteiger partial charge in [-0.1, -0.05) is 54.6 Å². The summed E-state index contributed by atoms with van der Waals surface area (Å²) in [5, 5.41) is 1.18. The fraction of sp³-hybridized carbons (Fsp3) is 0.0968. The molecule has 4 nitrogen and oxygen atoms in total. The first-order chi connectivity index (χ1) is 17.3. The highest BCUT2D eigenvalue weighted by molar-refractivity contribution is 5.96. The van der Waals surface area contributed by atoms with E-state index in [1.807, 2.05) is 18.2 Å². The van der Waals surface area contributed by atoms with E-state index in [0.29, 0.717) is 0 Å². The number of aromatic amines is 1. The van der Waals surface area contributed by atoms with E-state index in [0.717, 1.165) is 28.4 Å². The number of ether oxygens (including phenoxy) is 2. The van der Waals surface area contributed by atoms with Crippen LogP contribution in [0.3, 0.4) is 0 Å². The molecule has 0 amide bonds. The zero-order valence-electron chi connectivity index (χ0n) is 19.7. The van der Waals surface area contributed by atoms with Gasteiger partial charge in [0, 0.05) is 40.1 Å². The van der Waals surface area contributed by atoms with Crippen LogP contribution in [-0.4, -0.2) is 19.2 Å². The zero-order chi connectivity index (χ0) is 23.8. The van der Waals surface area contributed by atoms with Crippen molar-refractivity contribution in [1.29, 1.82) is 0 Å². The van der Waals surface area contributed by atoms with E-state index in [1.165, 1.54) is 27.6 Å². The van der Waals surface area contributed by atoms with Crippen LogP contribution < -0.4 is 14.4 Å². The van der Waals surface area contributed by atoms with Gasteiger partial charge in [-0.2, -0.15) is 0 Å². The molecule has 6 rings (SSSR count). The molecular formula is C31H26N2O2. The van der Waals surface area contributed by atoms with Crippen LogP contribution in [0.25, 0.3) is 22.7 Å². The summed E-state index contributed by atoms with van der Waals surface area (Å²) < 4.78 is 10.9. The first kappa shape index (κ1) is 21.1. The summed E-state index contributed by atoms with van der Waals surface area (Å²) in [5.41, 5.74) is 8.19. The molecule has 1 atom stereocenters.